The highest BCUT2D eigenvalue weighted by Gasteiger charge is 2.38. The average Bonchev–Trinajstić information content (AvgIpc) is 2.90. The maximum atomic E-state index is 15.0. The van der Waals surface area contributed by atoms with Gasteiger partial charge in [0.2, 0.25) is 0 Å². The molecule has 1 fully saturated rings. The lowest BCUT2D eigenvalue weighted by atomic mass is 9.68. The van der Waals surface area contributed by atoms with Gasteiger partial charge in [0.1, 0.15) is 5.71 Å². The van der Waals surface area contributed by atoms with Crippen molar-refractivity contribution in [3.05, 3.63) is 59.4 Å². The number of hydrogen-bond donors (Lipinski definition) is 3. The molecule has 0 aromatic heterocycles. The van der Waals surface area contributed by atoms with Gasteiger partial charge >= 0.3 is 0 Å². The van der Waals surface area contributed by atoms with Gasteiger partial charge in [-0.2, -0.15) is 4.39 Å². The quantitative estimate of drug-likeness (QED) is 0.0650. The van der Waals surface area contributed by atoms with Crippen LogP contribution in [0.2, 0.25) is 0 Å². The molecule has 0 aliphatic heterocycles. The lowest BCUT2D eigenvalue weighted by molar-refractivity contribution is -0.713. The highest BCUT2D eigenvalue weighted by Crippen LogP contribution is 2.39. The second-order valence-electron chi connectivity index (χ2n) is 12.3. The van der Waals surface area contributed by atoms with Gasteiger partial charge in [0, 0.05) is 52.8 Å². The highest BCUT2D eigenvalue weighted by molar-refractivity contribution is 7.99. The molecule has 3 rings (SSSR count). The van der Waals surface area contributed by atoms with Crippen LogP contribution in [0.25, 0.3) is 0 Å². The van der Waals surface area contributed by atoms with Crippen LogP contribution in [0.5, 0.6) is 0 Å². The first-order valence-corrected chi connectivity index (χ1v) is 16.1. The molecule has 0 heterocycles. The molecule has 2 aromatic rings. The first-order chi connectivity index (χ1) is 19.5. The zero-order valence-electron chi connectivity index (χ0n) is 26.1. The SMILES string of the molecule is CCCC1CCC1C(=NCC(CC)c1ccc(SC(C)CC(C)(C)O)cc1)C(C)=[N+](O)c1ccc(CNC)cc1F. The monoisotopic (exact) mass is 584 g/mol. The molecule has 4 unspecified atom stereocenters. The van der Waals surface area contributed by atoms with Gasteiger partial charge < -0.3 is 10.4 Å². The largest absolute Gasteiger partial charge is 0.390 e. The molecule has 7 heteroatoms. The summed E-state index contributed by atoms with van der Waals surface area (Å²) in [5.74, 6) is 0.635. The van der Waals surface area contributed by atoms with Crippen molar-refractivity contribution in [3.8, 4) is 0 Å². The van der Waals surface area contributed by atoms with Gasteiger partial charge in [-0.3, -0.25) is 10.2 Å². The third kappa shape index (κ3) is 9.39. The summed E-state index contributed by atoms with van der Waals surface area (Å²) in [7, 11) is 1.83. The molecule has 3 N–H and O–H groups in total. The third-order valence-electron chi connectivity index (χ3n) is 8.19. The number of nitrogens with one attached hydrogen (secondary N) is 1. The Hall–Kier alpha value is -2.22. The van der Waals surface area contributed by atoms with Gasteiger partial charge in [0.15, 0.2) is 5.82 Å². The number of aliphatic hydroxyl groups is 1. The smallest absolute Gasteiger partial charge is 0.293 e. The Bertz CT molecular complexity index is 1190. The molecule has 2 aromatic carbocycles. The van der Waals surface area contributed by atoms with E-state index in [0.717, 1.165) is 48.1 Å². The van der Waals surface area contributed by atoms with E-state index in [2.05, 4.69) is 50.4 Å². The molecule has 0 bridgehead atoms. The van der Waals surface area contributed by atoms with Crippen molar-refractivity contribution in [3.63, 3.8) is 0 Å². The lowest BCUT2D eigenvalue weighted by Crippen LogP contribution is -2.39. The number of rotatable bonds is 15. The van der Waals surface area contributed by atoms with Gasteiger partial charge in [-0.05, 0) is 81.8 Å². The zero-order chi connectivity index (χ0) is 30.2. The molecule has 41 heavy (non-hydrogen) atoms. The normalized spacial score (nSPS) is 19.9. The minimum Gasteiger partial charge on any atom is -0.390 e. The third-order valence-corrected chi connectivity index (χ3v) is 9.30. The summed E-state index contributed by atoms with van der Waals surface area (Å²) in [5.41, 5.74) is 3.07. The first kappa shape index (κ1) is 33.3. The molecule has 1 aliphatic rings. The van der Waals surface area contributed by atoms with Crippen LogP contribution in [0.3, 0.4) is 0 Å². The lowest BCUT2D eigenvalue weighted by Gasteiger charge is -2.36. The van der Waals surface area contributed by atoms with Crippen LogP contribution in [0, 0.1) is 17.7 Å². The van der Waals surface area contributed by atoms with Crippen LogP contribution in [0.1, 0.15) is 97.1 Å². The van der Waals surface area contributed by atoms with Crippen LogP contribution in [0.15, 0.2) is 52.4 Å². The Morgan fingerprint density at radius 2 is 1.88 bits per heavy atom. The topological polar surface area (TPSA) is 67.9 Å². The van der Waals surface area contributed by atoms with E-state index < -0.39 is 11.4 Å². The van der Waals surface area contributed by atoms with E-state index >= 15 is 4.39 Å². The van der Waals surface area contributed by atoms with Gasteiger partial charge in [-0.25, -0.2) is 0 Å². The highest BCUT2D eigenvalue weighted by atomic mass is 32.2. The fourth-order valence-corrected chi connectivity index (χ4v) is 7.19. The van der Waals surface area contributed by atoms with E-state index in [-0.39, 0.29) is 17.5 Å². The van der Waals surface area contributed by atoms with E-state index in [1.165, 1.54) is 22.9 Å². The molecule has 1 saturated carbocycles. The maximum absolute atomic E-state index is 15.0. The van der Waals surface area contributed by atoms with E-state index in [1.807, 2.05) is 33.9 Å². The van der Waals surface area contributed by atoms with Crippen LogP contribution >= 0.6 is 11.8 Å². The van der Waals surface area contributed by atoms with E-state index in [1.54, 1.807) is 17.8 Å². The summed E-state index contributed by atoms with van der Waals surface area (Å²) >= 11 is 1.79. The van der Waals surface area contributed by atoms with E-state index in [9.17, 15) is 10.3 Å². The minimum absolute atomic E-state index is 0.153. The number of halogens is 1. The average molecular weight is 585 g/mol. The summed E-state index contributed by atoms with van der Waals surface area (Å²) in [6.45, 7) is 13.3. The van der Waals surface area contributed by atoms with Crippen molar-refractivity contribution in [2.24, 2.45) is 16.8 Å². The molecule has 0 radical (unpaired) electrons. The molecule has 0 saturated heterocycles. The number of thioether (sulfide) groups is 1. The molecular formula is C34H51FN3O2S+. The molecule has 0 amide bonds. The zero-order valence-corrected chi connectivity index (χ0v) is 26.9. The maximum Gasteiger partial charge on any atom is 0.293 e. The van der Waals surface area contributed by atoms with Crippen molar-refractivity contribution < 1.29 is 19.4 Å². The summed E-state index contributed by atoms with van der Waals surface area (Å²) in [5, 5.41) is 24.7. The molecule has 226 valence electrons. The number of aliphatic imine (C=N–C) groups is 1. The van der Waals surface area contributed by atoms with Crippen LogP contribution in [-0.2, 0) is 6.54 Å². The minimum atomic E-state index is -0.674. The van der Waals surface area contributed by atoms with Crippen molar-refractivity contribution in [2.45, 2.75) is 108 Å². The molecule has 1 aliphatic carbocycles. The Morgan fingerprint density at radius 1 is 1.17 bits per heavy atom. The number of benzene rings is 2. The first-order valence-electron chi connectivity index (χ1n) is 15.3. The Balaban J connectivity index is 1.86. The summed E-state index contributed by atoms with van der Waals surface area (Å²) in [6.07, 6.45) is 6.16. The van der Waals surface area contributed by atoms with Gasteiger partial charge in [-0.1, -0.05) is 51.8 Å². The molecule has 4 atom stereocenters. The predicted octanol–water partition coefficient (Wildman–Crippen LogP) is 8.14. The summed E-state index contributed by atoms with van der Waals surface area (Å²) in [6, 6.07) is 13.7. The van der Waals surface area contributed by atoms with Crippen LogP contribution in [-0.4, -0.2) is 50.9 Å². The number of nitrogens with zero attached hydrogens (tertiary/aromatic N) is 2. The predicted molar refractivity (Wildman–Crippen MR) is 171 cm³/mol. The molecule has 5 nitrogen and oxygen atoms in total. The summed E-state index contributed by atoms with van der Waals surface area (Å²) in [4.78, 5) is 6.37. The van der Waals surface area contributed by atoms with E-state index in [0.29, 0.717) is 30.0 Å². The van der Waals surface area contributed by atoms with Gasteiger partial charge in [0.05, 0.1) is 5.60 Å². The second kappa shape index (κ2) is 15.3. The fraction of sp³-hybridized carbons (Fsp3) is 0.588. The Kier molecular flexibility index (Phi) is 12.4. The van der Waals surface area contributed by atoms with E-state index in [4.69, 9.17) is 4.99 Å². The Labute approximate surface area is 251 Å². The van der Waals surface area contributed by atoms with Gasteiger partial charge in [-0.15, -0.1) is 11.8 Å². The van der Waals surface area contributed by atoms with Gasteiger partial charge in [0.25, 0.3) is 11.4 Å². The van der Waals surface area contributed by atoms with Crippen LogP contribution in [0.4, 0.5) is 10.1 Å². The molecular weight excluding hydrogens is 533 g/mol. The van der Waals surface area contributed by atoms with Crippen molar-refractivity contribution in [1.29, 1.82) is 0 Å². The van der Waals surface area contributed by atoms with Crippen LogP contribution < -0.4 is 5.32 Å². The Morgan fingerprint density at radius 3 is 2.41 bits per heavy atom. The summed E-state index contributed by atoms with van der Waals surface area (Å²) < 4.78 is 16.0. The van der Waals surface area contributed by atoms with Crippen molar-refractivity contribution >= 4 is 28.9 Å². The fourth-order valence-electron chi connectivity index (χ4n) is 5.95. The van der Waals surface area contributed by atoms with Crippen molar-refractivity contribution in [1.82, 2.24) is 5.32 Å². The molecule has 0 spiro atoms. The second-order valence-corrected chi connectivity index (χ2v) is 13.8. The number of hydrogen-bond acceptors (Lipinski definition) is 5. The van der Waals surface area contributed by atoms with Crippen molar-refractivity contribution in [2.75, 3.05) is 13.6 Å². The standard InChI is InChI=1S/C34H51FN3O2S/c1-8-10-28-14-17-30(28)33(24(4)38(40)32-18-11-25(21-36-7)19-31(32)35)37-22-26(9-2)27-12-15-29(16-13-27)41-23(3)20-34(5,6)39/h11-13,15-16,18-19,23,26,28,30,36,39-40H,8-10,14,17,20-22H2,1-7H3/q+1.